The lowest BCUT2D eigenvalue weighted by Gasteiger charge is -2.29. The first-order valence-electron chi connectivity index (χ1n) is 8.45. The SMILES string of the molecule is CC(C)(CNC(C(N)=O)c1ccccc1)c1ccc2c(c1)OCCO2. The number of benzene rings is 2. The van der Waals surface area contributed by atoms with E-state index in [0.717, 1.165) is 22.6 Å². The molecule has 0 spiro atoms. The van der Waals surface area contributed by atoms with Crippen LogP contribution >= 0.6 is 0 Å². The second kappa shape index (κ2) is 7.15. The van der Waals surface area contributed by atoms with Crippen LogP contribution in [-0.2, 0) is 10.2 Å². The van der Waals surface area contributed by atoms with E-state index in [1.54, 1.807) is 0 Å². The molecule has 1 aliphatic heterocycles. The van der Waals surface area contributed by atoms with Gasteiger partial charge in [0.1, 0.15) is 19.3 Å². The Morgan fingerprint density at radius 2 is 1.80 bits per heavy atom. The number of rotatable bonds is 6. The van der Waals surface area contributed by atoms with Gasteiger partial charge in [-0.15, -0.1) is 0 Å². The number of carbonyl (C=O) groups is 1. The molecule has 2 aromatic carbocycles. The Kier molecular flexibility index (Phi) is 4.95. The Morgan fingerprint density at radius 3 is 2.48 bits per heavy atom. The molecule has 1 atom stereocenters. The molecular formula is C20H24N2O3. The Morgan fingerprint density at radius 1 is 1.12 bits per heavy atom. The molecule has 25 heavy (non-hydrogen) atoms. The molecule has 0 aliphatic carbocycles. The van der Waals surface area contributed by atoms with Gasteiger partial charge in [-0.1, -0.05) is 50.2 Å². The fourth-order valence-corrected chi connectivity index (χ4v) is 2.95. The highest BCUT2D eigenvalue weighted by Crippen LogP contribution is 2.35. The van der Waals surface area contributed by atoms with E-state index in [1.165, 1.54) is 0 Å². The van der Waals surface area contributed by atoms with E-state index in [2.05, 4.69) is 19.2 Å². The molecule has 1 aliphatic rings. The Bertz CT molecular complexity index is 744. The summed E-state index contributed by atoms with van der Waals surface area (Å²) in [6.07, 6.45) is 0. The van der Waals surface area contributed by atoms with Crippen LogP contribution in [0.5, 0.6) is 11.5 Å². The lowest BCUT2D eigenvalue weighted by molar-refractivity contribution is -0.120. The molecule has 1 amide bonds. The summed E-state index contributed by atoms with van der Waals surface area (Å²) in [4.78, 5) is 11.9. The van der Waals surface area contributed by atoms with Gasteiger partial charge >= 0.3 is 0 Å². The smallest absolute Gasteiger partial charge is 0.239 e. The minimum absolute atomic E-state index is 0.210. The number of amides is 1. The van der Waals surface area contributed by atoms with Crippen molar-refractivity contribution in [2.24, 2.45) is 5.73 Å². The zero-order chi connectivity index (χ0) is 17.9. The molecule has 0 saturated carbocycles. The molecule has 1 heterocycles. The first kappa shape index (κ1) is 17.3. The van der Waals surface area contributed by atoms with Crippen LogP contribution in [0.3, 0.4) is 0 Å². The Labute approximate surface area is 148 Å². The fourth-order valence-electron chi connectivity index (χ4n) is 2.95. The molecule has 0 saturated heterocycles. The van der Waals surface area contributed by atoms with Crippen LogP contribution in [0.15, 0.2) is 48.5 Å². The number of fused-ring (bicyclic) bond motifs is 1. The summed E-state index contributed by atoms with van der Waals surface area (Å²) in [7, 11) is 0. The molecule has 0 fully saturated rings. The van der Waals surface area contributed by atoms with E-state index in [1.807, 2.05) is 48.5 Å². The number of carbonyl (C=O) groups excluding carboxylic acids is 1. The molecular weight excluding hydrogens is 316 g/mol. The van der Waals surface area contributed by atoms with E-state index in [-0.39, 0.29) is 11.3 Å². The molecule has 132 valence electrons. The van der Waals surface area contributed by atoms with Crippen LogP contribution in [0.1, 0.15) is 31.0 Å². The summed E-state index contributed by atoms with van der Waals surface area (Å²) in [5.41, 5.74) is 7.36. The number of nitrogens with one attached hydrogen (secondary N) is 1. The molecule has 3 rings (SSSR count). The second-order valence-corrected chi connectivity index (χ2v) is 6.87. The Hall–Kier alpha value is -2.53. The third-order valence-electron chi connectivity index (χ3n) is 4.49. The average molecular weight is 340 g/mol. The van der Waals surface area contributed by atoms with Gasteiger partial charge in [0.2, 0.25) is 5.91 Å². The third kappa shape index (κ3) is 3.94. The average Bonchev–Trinajstić information content (AvgIpc) is 2.62. The van der Waals surface area contributed by atoms with Gasteiger partial charge in [0, 0.05) is 12.0 Å². The summed E-state index contributed by atoms with van der Waals surface area (Å²) in [5.74, 6) is 1.16. The monoisotopic (exact) mass is 340 g/mol. The lowest BCUT2D eigenvalue weighted by atomic mass is 9.84. The summed E-state index contributed by atoms with van der Waals surface area (Å²) in [6, 6.07) is 15.0. The van der Waals surface area contributed by atoms with Crippen molar-refractivity contribution < 1.29 is 14.3 Å². The van der Waals surface area contributed by atoms with Gasteiger partial charge in [0.15, 0.2) is 11.5 Å². The van der Waals surface area contributed by atoms with Gasteiger partial charge in [-0.2, -0.15) is 0 Å². The van der Waals surface area contributed by atoms with E-state index in [0.29, 0.717) is 19.8 Å². The zero-order valence-electron chi connectivity index (χ0n) is 14.6. The molecule has 5 heteroatoms. The predicted octanol–water partition coefficient (Wildman–Crippen LogP) is 2.55. The van der Waals surface area contributed by atoms with Crippen molar-refractivity contribution in [1.29, 1.82) is 0 Å². The molecule has 1 unspecified atom stereocenters. The van der Waals surface area contributed by atoms with Crippen LogP contribution in [0.2, 0.25) is 0 Å². The quantitative estimate of drug-likeness (QED) is 0.847. The van der Waals surface area contributed by atoms with Crippen LogP contribution in [0, 0.1) is 0 Å². The van der Waals surface area contributed by atoms with Crippen LogP contribution < -0.4 is 20.5 Å². The maximum absolute atomic E-state index is 11.9. The number of primary amides is 1. The summed E-state index contributed by atoms with van der Waals surface area (Å²) in [6.45, 7) is 5.97. The lowest BCUT2D eigenvalue weighted by Crippen LogP contribution is -2.40. The van der Waals surface area contributed by atoms with Crippen molar-refractivity contribution in [2.75, 3.05) is 19.8 Å². The van der Waals surface area contributed by atoms with Gasteiger partial charge in [-0.05, 0) is 23.3 Å². The minimum atomic E-state index is -0.516. The standard InChI is InChI=1S/C20H24N2O3/c1-20(2,15-8-9-16-17(12-15)25-11-10-24-16)13-22-18(19(21)23)14-6-4-3-5-7-14/h3-9,12,18,22H,10-11,13H2,1-2H3,(H2,21,23). The van der Waals surface area contributed by atoms with E-state index in [4.69, 9.17) is 15.2 Å². The van der Waals surface area contributed by atoms with E-state index >= 15 is 0 Å². The molecule has 3 N–H and O–H groups in total. The van der Waals surface area contributed by atoms with Crippen molar-refractivity contribution in [3.8, 4) is 11.5 Å². The molecule has 0 radical (unpaired) electrons. The van der Waals surface area contributed by atoms with Crippen LogP contribution in [0.4, 0.5) is 0 Å². The van der Waals surface area contributed by atoms with Gasteiger partial charge in [-0.3, -0.25) is 4.79 Å². The first-order chi connectivity index (χ1) is 12.0. The summed E-state index contributed by atoms with van der Waals surface area (Å²) in [5, 5.41) is 3.31. The maximum atomic E-state index is 11.9. The normalized spacial score (nSPS) is 14.8. The first-order valence-corrected chi connectivity index (χ1v) is 8.45. The molecule has 5 nitrogen and oxygen atoms in total. The summed E-state index contributed by atoms with van der Waals surface area (Å²) >= 11 is 0. The van der Waals surface area contributed by atoms with Crippen LogP contribution in [0.25, 0.3) is 0 Å². The van der Waals surface area contributed by atoms with Crippen LogP contribution in [-0.4, -0.2) is 25.7 Å². The molecule has 0 aromatic heterocycles. The predicted molar refractivity (Wildman–Crippen MR) is 96.8 cm³/mol. The van der Waals surface area contributed by atoms with E-state index < -0.39 is 6.04 Å². The minimum Gasteiger partial charge on any atom is -0.486 e. The number of ether oxygens (including phenoxy) is 2. The zero-order valence-corrected chi connectivity index (χ0v) is 14.6. The van der Waals surface area contributed by atoms with Crippen molar-refractivity contribution in [1.82, 2.24) is 5.32 Å². The topological polar surface area (TPSA) is 73.6 Å². The van der Waals surface area contributed by atoms with Crippen molar-refractivity contribution in [3.63, 3.8) is 0 Å². The van der Waals surface area contributed by atoms with Gasteiger partial charge in [0.25, 0.3) is 0 Å². The third-order valence-corrected chi connectivity index (χ3v) is 4.49. The van der Waals surface area contributed by atoms with E-state index in [9.17, 15) is 4.79 Å². The van der Waals surface area contributed by atoms with Crippen molar-refractivity contribution >= 4 is 5.91 Å². The number of hydrogen-bond acceptors (Lipinski definition) is 4. The molecule has 2 aromatic rings. The largest absolute Gasteiger partial charge is 0.486 e. The van der Waals surface area contributed by atoms with Crippen molar-refractivity contribution in [2.45, 2.75) is 25.3 Å². The molecule has 0 bridgehead atoms. The highest BCUT2D eigenvalue weighted by Gasteiger charge is 2.26. The highest BCUT2D eigenvalue weighted by molar-refractivity contribution is 5.81. The van der Waals surface area contributed by atoms with Gasteiger partial charge < -0.3 is 20.5 Å². The Balaban J connectivity index is 1.75. The fraction of sp³-hybridized carbons (Fsp3) is 0.350. The van der Waals surface area contributed by atoms with Gasteiger partial charge in [-0.25, -0.2) is 0 Å². The maximum Gasteiger partial charge on any atom is 0.239 e. The van der Waals surface area contributed by atoms with Crippen molar-refractivity contribution in [3.05, 3.63) is 59.7 Å². The number of nitrogens with two attached hydrogens (primary N) is 1. The second-order valence-electron chi connectivity index (χ2n) is 6.87. The highest BCUT2D eigenvalue weighted by atomic mass is 16.6. The number of hydrogen-bond donors (Lipinski definition) is 2. The van der Waals surface area contributed by atoms with Gasteiger partial charge in [0.05, 0.1) is 0 Å². The summed E-state index contributed by atoms with van der Waals surface area (Å²) < 4.78 is 11.2.